The molecule has 9 heteroatoms. The van der Waals surface area contributed by atoms with Gasteiger partial charge in [0, 0.05) is 16.1 Å². The molecule has 5 nitrogen and oxygen atoms in total. The summed E-state index contributed by atoms with van der Waals surface area (Å²) >= 11 is 1.22. The van der Waals surface area contributed by atoms with E-state index in [4.69, 9.17) is 5.73 Å². The van der Waals surface area contributed by atoms with E-state index >= 15 is 0 Å². The molecule has 0 spiro atoms. The lowest BCUT2D eigenvalue weighted by molar-refractivity contribution is -0.137. The van der Waals surface area contributed by atoms with E-state index in [1.165, 1.54) is 17.4 Å². The zero-order valence-corrected chi connectivity index (χ0v) is 13.9. The van der Waals surface area contributed by atoms with Crippen molar-refractivity contribution < 1.29 is 13.2 Å². The molecule has 1 saturated heterocycles. The van der Waals surface area contributed by atoms with Gasteiger partial charge in [-0.3, -0.25) is 0 Å². The van der Waals surface area contributed by atoms with Crippen molar-refractivity contribution >= 4 is 43.4 Å². The van der Waals surface area contributed by atoms with E-state index in [2.05, 4.69) is 20.6 Å². The fraction of sp³-hybridized carbons (Fsp3) is 0.375. The maximum absolute atomic E-state index is 12.9. The smallest absolute Gasteiger partial charge is 0.416 e. The highest BCUT2D eigenvalue weighted by Crippen LogP contribution is 2.41. The van der Waals surface area contributed by atoms with Crippen LogP contribution in [0.1, 0.15) is 18.4 Å². The number of aromatic nitrogens is 2. The Hall–Kier alpha value is -2.13. The largest absolute Gasteiger partial charge is 0.463 e. The summed E-state index contributed by atoms with van der Waals surface area (Å²) < 4.78 is 40.0. The van der Waals surface area contributed by atoms with Crippen molar-refractivity contribution in [2.24, 2.45) is 0 Å². The van der Waals surface area contributed by atoms with Gasteiger partial charge in [-0.2, -0.15) is 13.2 Å². The number of hydrogen-bond acceptors (Lipinski definition) is 5. The summed E-state index contributed by atoms with van der Waals surface area (Å²) in [7, 11) is 0. The van der Waals surface area contributed by atoms with Crippen LogP contribution in [0.15, 0.2) is 18.2 Å². The average Bonchev–Trinajstić information content (AvgIpc) is 3.18. The van der Waals surface area contributed by atoms with Crippen molar-refractivity contribution in [3.63, 3.8) is 0 Å². The Morgan fingerprint density at radius 3 is 2.88 bits per heavy atom. The van der Waals surface area contributed by atoms with E-state index in [9.17, 15) is 13.2 Å². The Balaban J connectivity index is 1.77. The molecule has 0 radical (unpaired) electrons. The lowest BCUT2D eigenvalue weighted by Crippen LogP contribution is -2.24. The second-order valence-corrected chi connectivity index (χ2v) is 7.08. The van der Waals surface area contributed by atoms with Gasteiger partial charge in [0.05, 0.1) is 15.8 Å². The second kappa shape index (κ2) is 5.99. The van der Waals surface area contributed by atoms with Crippen molar-refractivity contribution in [2.75, 3.05) is 18.8 Å². The fourth-order valence-electron chi connectivity index (χ4n) is 3.04. The van der Waals surface area contributed by atoms with Crippen LogP contribution in [0.3, 0.4) is 0 Å². The number of anilines is 1. The summed E-state index contributed by atoms with van der Waals surface area (Å²) in [6, 6.07) is 3.94. The summed E-state index contributed by atoms with van der Waals surface area (Å²) in [5.74, 6) is 0.524. The lowest BCUT2D eigenvalue weighted by Gasteiger charge is -2.20. The standard InChI is InChI=1S/C16H15F3N5S/c17-16(18,19)8-3-4-10-11(6-8)25-13-12(10)23-15(20)24-14(13)22-7-9-2-1-5-21-9/h3-4,6,9,21H,1-2,5,7H2,(H2-,20,22,23,24)/q-1. The Morgan fingerprint density at radius 1 is 1.32 bits per heavy atom. The van der Waals surface area contributed by atoms with E-state index in [0.29, 0.717) is 38.7 Å². The van der Waals surface area contributed by atoms with Crippen LogP contribution in [0.5, 0.6) is 0 Å². The van der Waals surface area contributed by atoms with Crippen molar-refractivity contribution in [3.05, 3.63) is 29.1 Å². The number of hydrogen-bond donors (Lipinski definition) is 2. The highest BCUT2D eigenvalue weighted by Gasteiger charge is 2.30. The first-order chi connectivity index (χ1) is 11.9. The maximum Gasteiger partial charge on any atom is 0.416 e. The first-order valence-electron chi connectivity index (χ1n) is 7.89. The van der Waals surface area contributed by atoms with Crippen molar-refractivity contribution in [1.29, 1.82) is 0 Å². The van der Waals surface area contributed by atoms with Gasteiger partial charge in [-0.15, -0.1) is 11.3 Å². The van der Waals surface area contributed by atoms with Crippen LogP contribution in [0.4, 0.5) is 24.9 Å². The minimum Gasteiger partial charge on any atom is -0.463 e. The minimum absolute atomic E-state index is 0.0743. The fourth-order valence-corrected chi connectivity index (χ4v) is 4.17. The molecule has 1 fully saturated rings. The van der Waals surface area contributed by atoms with Gasteiger partial charge in [-0.25, -0.2) is 4.98 Å². The normalized spacial score (nSPS) is 18.3. The summed E-state index contributed by atoms with van der Waals surface area (Å²) in [5.41, 5.74) is 5.66. The minimum atomic E-state index is -4.38. The van der Waals surface area contributed by atoms with E-state index < -0.39 is 11.7 Å². The number of rotatable bonds is 3. The zero-order valence-electron chi connectivity index (χ0n) is 13.1. The van der Waals surface area contributed by atoms with Gasteiger partial charge in [0.15, 0.2) is 0 Å². The number of alkyl halides is 3. The van der Waals surface area contributed by atoms with Crippen molar-refractivity contribution in [2.45, 2.75) is 25.1 Å². The number of benzene rings is 1. The molecule has 3 aromatic rings. The molecule has 3 heterocycles. The summed E-state index contributed by atoms with van der Waals surface area (Å²) in [6.45, 7) is 1.54. The predicted molar refractivity (Wildman–Crippen MR) is 93.2 cm³/mol. The maximum atomic E-state index is 12.9. The topological polar surface area (TPSA) is 77.9 Å². The molecule has 0 saturated carbocycles. The molecule has 25 heavy (non-hydrogen) atoms. The number of nitrogen functional groups attached to an aromatic ring is 1. The lowest BCUT2D eigenvalue weighted by atomic mass is 10.1. The predicted octanol–water partition coefficient (Wildman–Crippen LogP) is 4.20. The Bertz CT molecular complexity index is 931. The number of nitrogens with two attached hydrogens (primary N) is 1. The van der Waals surface area contributed by atoms with Crippen LogP contribution in [0.2, 0.25) is 0 Å². The Labute approximate surface area is 145 Å². The summed E-state index contributed by atoms with van der Waals surface area (Å²) in [5, 5.41) is 8.53. The van der Waals surface area contributed by atoms with Crippen molar-refractivity contribution in [1.82, 2.24) is 15.3 Å². The number of nitrogens with one attached hydrogen (secondary N) is 1. The van der Waals surface area contributed by atoms with Crippen LogP contribution >= 0.6 is 11.3 Å². The first-order valence-corrected chi connectivity index (χ1v) is 8.71. The third-order valence-electron chi connectivity index (χ3n) is 4.26. The highest BCUT2D eigenvalue weighted by atomic mass is 32.1. The molecular formula is C16H15F3N5S-. The van der Waals surface area contributed by atoms with Gasteiger partial charge in [0.25, 0.3) is 0 Å². The van der Waals surface area contributed by atoms with Crippen LogP contribution in [-0.2, 0) is 6.18 Å². The van der Waals surface area contributed by atoms with E-state index in [-0.39, 0.29) is 5.95 Å². The molecule has 1 aliphatic heterocycles. The average molecular weight is 366 g/mol. The van der Waals surface area contributed by atoms with Gasteiger partial charge in [-0.05, 0) is 43.9 Å². The van der Waals surface area contributed by atoms with Crippen LogP contribution < -0.4 is 11.1 Å². The second-order valence-electron chi connectivity index (χ2n) is 6.03. The van der Waals surface area contributed by atoms with Crippen LogP contribution in [0.25, 0.3) is 25.6 Å². The van der Waals surface area contributed by atoms with Crippen LogP contribution in [-0.4, -0.2) is 29.1 Å². The molecule has 2 aromatic heterocycles. The molecule has 0 bridgehead atoms. The molecular weight excluding hydrogens is 351 g/mol. The van der Waals surface area contributed by atoms with Gasteiger partial charge >= 0.3 is 6.18 Å². The first kappa shape index (κ1) is 16.3. The molecule has 0 aliphatic carbocycles. The molecule has 1 aliphatic rings. The third-order valence-corrected chi connectivity index (χ3v) is 5.40. The summed E-state index contributed by atoms with van der Waals surface area (Å²) in [6.07, 6.45) is -2.21. The number of halogens is 3. The van der Waals surface area contributed by atoms with E-state index in [0.717, 1.165) is 31.5 Å². The molecule has 0 amide bonds. The van der Waals surface area contributed by atoms with Gasteiger partial charge in [0.1, 0.15) is 5.95 Å². The monoisotopic (exact) mass is 366 g/mol. The molecule has 1 atom stereocenters. The van der Waals surface area contributed by atoms with Crippen molar-refractivity contribution in [3.8, 4) is 0 Å². The number of nitrogens with zero attached hydrogens (tertiary/aromatic N) is 3. The SMILES string of the molecule is Nc1nc([N-]CC2CCCN2)c2sc3cc(C(F)(F)F)ccc3c2n1. The third kappa shape index (κ3) is 3.09. The van der Waals surface area contributed by atoms with Gasteiger partial charge in [0.2, 0.25) is 0 Å². The van der Waals surface area contributed by atoms with Gasteiger partial charge < -0.3 is 21.4 Å². The van der Waals surface area contributed by atoms with Crippen LogP contribution in [0, 0.1) is 0 Å². The Kier molecular flexibility index (Phi) is 3.92. The Morgan fingerprint density at radius 2 is 2.16 bits per heavy atom. The highest BCUT2D eigenvalue weighted by molar-refractivity contribution is 7.26. The molecule has 132 valence electrons. The summed E-state index contributed by atoms with van der Waals surface area (Å²) in [4.78, 5) is 8.41. The number of fused-ring (bicyclic) bond motifs is 3. The zero-order chi connectivity index (χ0) is 17.6. The molecule has 1 aromatic carbocycles. The molecule has 3 N–H and O–H groups in total. The van der Waals surface area contributed by atoms with E-state index in [1.807, 2.05) is 0 Å². The number of thiophene rings is 1. The molecule has 1 unspecified atom stereocenters. The van der Waals surface area contributed by atoms with Gasteiger partial charge in [-0.1, -0.05) is 6.07 Å². The van der Waals surface area contributed by atoms with E-state index in [1.54, 1.807) is 0 Å². The quantitative estimate of drug-likeness (QED) is 0.728. The molecule has 4 rings (SSSR count).